The average Bonchev–Trinajstić information content (AvgIpc) is 3.24. The molecule has 1 aromatic rings. The summed E-state index contributed by atoms with van der Waals surface area (Å²) < 4.78 is 89.2. The predicted molar refractivity (Wildman–Crippen MR) is 101 cm³/mol. The van der Waals surface area contributed by atoms with Gasteiger partial charge >= 0.3 is 12.3 Å². The third-order valence-electron chi connectivity index (χ3n) is 5.35. The van der Waals surface area contributed by atoms with Gasteiger partial charge in [0.05, 0.1) is 17.8 Å². The van der Waals surface area contributed by atoms with Crippen molar-refractivity contribution >= 4 is 16.1 Å². The van der Waals surface area contributed by atoms with Crippen molar-refractivity contribution < 1.29 is 49.9 Å². The molecule has 0 aromatic heterocycles. The summed E-state index contributed by atoms with van der Waals surface area (Å²) in [4.78, 5) is 12.2. The summed E-state index contributed by atoms with van der Waals surface area (Å²) in [6.45, 7) is 2.84. The highest BCUT2D eigenvalue weighted by atomic mass is 32.2. The van der Waals surface area contributed by atoms with E-state index >= 15 is 0 Å². The molecule has 0 radical (unpaired) electrons. The van der Waals surface area contributed by atoms with Gasteiger partial charge in [0, 0.05) is 5.92 Å². The number of fused-ring (bicyclic) bond motifs is 2. The van der Waals surface area contributed by atoms with E-state index in [4.69, 9.17) is 18.8 Å². The maximum atomic E-state index is 12.8. The Morgan fingerprint density at radius 1 is 1.19 bits per heavy atom. The van der Waals surface area contributed by atoms with E-state index in [1.165, 1.54) is 0 Å². The number of esters is 1. The summed E-state index contributed by atoms with van der Waals surface area (Å²) in [5.74, 6) is -2.80. The van der Waals surface area contributed by atoms with Crippen molar-refractivity contribution in [3.63, 3.8) is 0 Å². The van der Waals surface area contributed by atoms with Crippen LogP contribution in [0.15, 0.2) is 18.2 Å². The van der Waals surface area contributed by atoms with Gasteiger partial charge in [-0.15, -0.1) is 13.2 Å². The molecule has 3 unspecified atom stereocenters. The van der Waals surface area contributed by atoms with Crippen LogP contribution in [-0.4, -0.2) is 55.5 Å². The molecule has 8 nitrogen and oxygen atoms in total. The molecule has 0 aliphatic carbocycles. The van der Waals surface area contributed by atoms with Crippen molar-refractivity contribution in [3.05, 3.63) is 23.8 Å². The third-order valence-corrected chi connectivity index (χ3v) is 6.03. The van der Waals surface area contributed by atoms with Gasteiger partial charge in [-0.25, -0.2) is 4.79 Å². The highest BCUT2D eigenvalue weighted by Gasteiger charge is 2.49. The largest absolute Gasteiger partial charge is 0.573 e. The highest BCUT2D eigenvalue weighted by Crippen LogP contribution is 2.46. The van der Waals surface area contributed by atoms with Crippen molar-refractivity contribution in [1.29, 1.82) is 0 Å². The second-order valence-corrected chi connectivity index (χ2v) is 9.62. The summed E-state index contributed by atoms with van der Waals surface area (Å²) in [5.41, 5.74) is -1.09. The van der Waals surface area contributed by atoms with Crippen LogP contribution in [0.1, 0.15) is 43.5 Å². The summed E-state index contributed by atoms with van der Waals surface area (Å²) >= 11 is 0. The van der Waals surface area contributed by atoms with E-state index in [2.05, 4.69) is 4.74 Å². The first-order valence-corrected chi connectivity index (χ1v) is 11.2. The van der Waals surface area contributed by atoms with E-state index in [1.54, 1.807) is 13.8 Å². The van der Waals surface area contributed by atoms with E-state index in [-0.39, 0.29) is 29.4 Å². The number of rotatable bonds is 8. The van der Waals surface area contributed by atoms with Crippen LogP contribution in [0.5, 0.6) is 11.5 Å². The molecule has 2 heterocycles. The molecule has 12 heteroatoms. The second-order valence-electron chi connectivity index (χ2n) is 8.05. The van der Waals surface area contributed by atoms with E-state index < -0.39 is 46.2 Å². The van der Waals surface area contributed by atoms with Crippen LogP contribution < -0.4 is 9.47 Å². The quantitative estimate of drug-likeness (QED) is 0.457. The maximum absolute atomic E-state index is 12.8. The smallest absolute Gasteiger partial charge is 0.484 e. The zero-order chi connectivity index (χ0) is 23.0. The number of ether oxygens (including phenoxy) is 4. The Labute approximate surface area is 177 Å². The molecule has 3 atom stereocenters. The fourth-order valence-corrected chi connectivity index (χ4v) is 4.27. The van der Waals surface area contributed by atoms with Crippen LogP contribution in [0.25, 0.3) is 0 Å². The molecule has 174 valence electrons. The topological polar surface area (TPSA) is 108 Å². The fraction of sp³-hybridized carbons (Fsp3) is 0.632. The Hall–Kier alpha value is -2.05. The summed E-state index contributed by atoms with van der Waals surface area (Å²) in [6, 6.07) is 3.01. The molecule has 31 heavy (non-hydrogen) atoms. The Balaban J connectivity index is 1.81. The van der Waals surface area contributed by atoms with Crippen molar-refractivity contribution in [2.24, 2.45) is 5.92 Å². The SMILES string of the molecule is CC(C)(Oc1cc(C(=O)OCCS(=O)(=O)O)ccc1OC(F)(F)F)C1CC2CCC1O2. The molecule has 0 amide bonds. The number of benzene rings is 1. The van der Waals surface area contributed by atoms with Gasteiger partial charge in [-0.1, -0.05) is 0 Å². The molecule has 2 bridgehead atoms. The second kappa shape index (κ2) is 8.47. The molecule has 2 fully saturated rings. The van der Waals surface area contributed by atoms with Gasteiger partial charge in [-0.3, -0.25) is 4.55 Å². The minimum absolute atomic E-state index is 0.0550. The van der Waals surface area contributed by atoms with Crippen LogP contribution in [-0.2, 0) is 19.6 Å². The molecule has 0 spiro atoms. The number of halogens is 3. The molecule has 2 aliphatic rings. The van der Waals surface area contributed by atoms with Crippen molar-refractivity contribution in [3.8, 4) is 11.5 Å². The predicted octanol–water partition coefficient (Wildman–Crippen LogP) is 3.35. The van der Waals surface area contributed by atoms with E-state index in [0.717, 1.165) is 31.0 Å². The Bertz CT molecular complexity index is 929. The lowest BCUT2D eigenvalue weighted by Crippen LogP contribution is -2.42. The Morgan fingerprint density at radius 2 is 1.90 bits per heavy atom. The molecule has 2 aliphatic heterocycles. The monoisotopic (exact) mass is 468 g/mol. The molecule has 0 saturated carbocycles. The van der Waals surface area contributed by atoms with Gasteiger partial charge in [0.1, 0.15) is 18.0 Å². The molecule has 1 N–H and O–H groups in total. The molecular weight excluding hydrogens is 445 g/mol. The van der Waals surface area contributed by atoms with Gasteiger partial charge in [0.25, 0.3) is 10.1 Å². The normalized spacial score (nSPS) is 23.6. The van der Waals surface area contributed by atoms with E-state index in [0.29, 0.717) is 6.42 Å². The van der Waals surface area contributed by atoms with Crippen LogP contribution in [0.2, 0.25) is 0 Å². The lowest BCUT2D eigenvalue weighted by Gasteiger charge is -2.36. The summed E-state index contributed by atoms with van der Waals surface area (Å²) in [5, 5.41) is 0. The number of hydrogen-bond donors (Lipinski definition) is 1. The highest BCUT2D eigenvalue weighted by molar-refractivity contribution is 7.85. The molecule has 2 saturated heterocycles. The lowest BCUT2D eigenvalue weighted by atomic mass is 9.78. The molecule has 3 rings (SSSR count). The average molecular weight is 468 g/mol. The van der Waals surface area contributed by atoms with Crippen LogP contribution >= 0.6 is 0 Å². The third kappa shape index (κ3) is 6.23. The van der Waals surface area contributed by atoms with Gasteiger partial charge in [-0.2, -0.15) is 8.42 Å². The van der Waals surface area contributed by atoms with Crippen molar-refractivity contribution in [2.75, 3.05) is 12.4 Å². The first-order valence-electron chi connectivity index (χ1n) is 9.60. The van der Waals surface area contributed by atoms with Crippen LogP contribution in [0.4, 0.5) is 13.2 Å². The van der Waals surface area contributed by atoms with Gasteiger partial charge in [0.15, 0.2) is 11.5 Å². The van der Waals surface area contributed by atoms with Gasteiger partial charge in [-0.05, 0) is 51.3 Å². The fourth-order valence-electron chi connectivity index (χ4n) is 3.98. The van der Waals surface area contributed by atoms with Gasteiger partial charge < -0.3 is 18.9 Å². The maximum Gasteiger partial charge on any atom is 0.573 e. The van der Waals surface area contributed by atoms with Crippen molar-refractivity contribution in [2.45, 2.75) is 57.3 Å². The van der Waals surface area contributed by atoms with Crippen LogP contribution in [0.3, 0.4) is 0 Å². The van der Waals surface area contributed by atoms with E-state index in [1.807, 2.05) is 0 Å². The summed E-state index contributed by atoms with van der Waals surface area (Å²) in [6.07, 6.45) is -2.44. The summed E-state index contributed by atoms with van der Waals surface area (Å²) in [7, 11) is -4.33. The Morgan fingerprint density at radius 3 is 2.45 bits per heavy atom. The number of carbonyl (C=O) groups excluding carboxylic acids is 1. The minimum Gasteiger partial charge on any atom is -0.484 e. The number of carbonyl (C=O) groups is 1. The number of hydrogen-bond acceptors (Lipinski definition) is 7. The first-order chi connectivity index (χ1) is 14.2. The molecular formula is C19H23F3O8S. The minimum atomic E-state index is -4.98. The lowest BCUT2D eigenvalue weighted by molar-refractivity contribution is -0.275. The van der Waals surface area contributed by atoms with Crippen molar-refractivity contribution in [1.82, 2.24) is 0 Å². The number of alkyl halides is 3. The van der Waals surface area contributed by atoms with Crippen LogP contribution in [0, 0.1) is 5.92 Å². The Kier molecular flexibility index (Phi) is 6.45. The zero-order valence-electron chi connectivity index (χ0n) is 16.8. The standard InChI is InChI=1S/C19H23F3O8S/c1-18(2,13-10-12-4-6-14(13)28-12)29-16-9-11(3-5-15(16)30-19(20,21)22)17(23)27-7-8-31(24,25)26/h3,5,9,12-14H,4,6-8,10H2,1-2H3,(H,24,25,26). The van der Waals surface area contributed by atoms with E-state index in [9.17, 15) is 26.4 Å². The van der Waals surface area contributed by atoms with Gasteiger partial charge in [0.2, 0.25) is 0 Å². The molecule has 1 aromatic carbocycles. The zero-order valence-corrected chi connectivity index (χ0v) is 17.7. The first kappa shape index (κ1) is 23.6.